The van der Waals surface area contributed by atoms with Crippen molar-refractivity contribution in [1.29, 1.82) is 0 Å². The second-order valence-electron chi connectivity index (χ2n) is 2.86. The highest BCUT2D eigenvalue weighted by Gasteiger charge is 2.32. The molecule has 0 unspecified atom stereocenters. The summed E-state index contributed by atoms with van der Waals surface area (Å²) in [6.07, 6.45) is -1.54. The Hall–Kier alpha value is -1.63. The van der Waals surface area contributed by atoms with Gasteiger partial charge in [0.2, 0.25) is 5.28 Å². The van der Waals surface area contributed by atoms with Gasteiger partial charge in [-0.2, -0.15) is 23.3 Å². The van der Waals surface area contributed by atoms with Gasteiger partial charge in [0, 0.05) is 18.5 Å². The number of hydrogen-bond donors (Lipinski definition) is 0. The molecule has 16 heavy (non-hydrogen) atoms. The molecule has 0 amide bonds. The van der Waals surface area contributed by atoms with E-state index in [2.05, 4.69) is 15.1 Å². The monoisotopic (exact) mass is 248 g/mol. The van der Waals surface area contributed by atoms with Gasteiger partial charge in [0.05, 0.1) is 11.8 Å². The lowest BCUT2D eigenvalue weighted by atomic mass is 10.4. The van der Waals surface area contributed by atoms with Crippen molar-refractivity contribution < 1.29 is 13.2 Å². The van der Waals surface area contributed by atoms with Gasteiger partial charge in [0.15, 0.2) is 5.82 Å². The molecule has 0 N–H and O–H groups in total. The first kappa shape index (κ1) is 10.9. The molecule has 8 heteroatoms. The number of rotatable bonds is 1. The van der Waals surface area contributed by atoms with Crippen molar-refractivity contribution in [3.05, 3.63) is 35.5 Å². The molecule has 2 aromatic heterocycles. The topological polar surface area (TPSA) is 43.6 Å². The fraction of sp³-hybridized carbons (Fsp3) is 0.125. The zero-order valence-corrected chi connectivity index (χ0v) is 8.37. The van der Waals surface area contributed by atoms with Gasteiger partial charge in [0.1, 0.15) is 0 Å². The predicted octanol–water partition coefficient (Wildman–Crippen LogP) is 2.33. The zero-order valence-electron chi connectivity index (χ0n) is 7.61. The largest absolute Gasteiger partial charge is 0.419 e. The van der Waals surface area contributed by atoms with Crippen molar-refractivity contribution in [3.8, 4) is 5.82 Å². The van der Waals surface area contributed by atoms with Gasteiger partial charge in [0.25, 0.3) is 0 Å². The maximum atomic E-state index is 12.3. The lowest BCUT2D eigenvalue weighted by molar-refractivity contribution is -0.137. The first-order valence-corrected chi connectivity index (χ1v) is 4.45. The van der Waals surface area contributed by atoms with E-state index >= 15 is 0 Å². The van der Waals surface area contributed by atoms with E-state index < -0.39 is 11.7 Å². The lowest BCUT2D eigenvalue weighted by Crippen LogP contribution is -2.03. The molecule has 2 aromatic rings. The predicted molar refractivity (Wildman–Crippen MR) is 49.2 cm³/mol. The van der Waals surface area contributed by atoms with E-state index in [0.717, 1.165) is 17.1 Å². The minimum atomic E-state index is -4.42. The normalized spacial score (nSPS) is 11.8. The van der Waals surface area contributed by atoms with Crippen LogP contribution in [0.3, 0.4) is 0 Å². The van der Waals surface area contributed by atoms with E-state index in [9.17, 15) is 13.2 Å². The van der Waals surface area contributed by atoms with Crippen LogP contribution in [0.1, 0.15) is 5.56 Å². The summed E-state index contributed by atoms with van der Waals surface area (Å²) in [6.45, 7) is 0. The second-order valence-corrected chi connectivity index (χ2v) is 3.19. The number of alkyl halides is 3. The third-order valence-corrected chi connectivity index (χ3v) is 1.94. The molecule has 84 valence electrons. The van der Waals surface area contributed by atoms with Crippen LogP contribution < -0.4 is 0 Å². The Morgan fingerprint density at radius 2 is 2.06 bits per heavy atom. The molecule has 0 fully saturated rings. The van der Waals surface area contributed by atoms with Gasteiger partial charge < -0.3 is 0 Å². The standard InChI is InChI=1S/C8H4ClF3N4/c9-7-13-2-1-6(15-7)16-4-5(3-14-16)8(10,11)12/h1-4H. The minimum Gasteiger partial charge on any atom is -0.226 e. The molecule has 0 spiro atoms. The smallest absolute Gasteiger partial charge is 0.226 e. The molecule has 0 aliphatic rings. The SMILES string of the molecule is FC(F)(F)c1cnn(-c2ccnc(Cl)n2)c1. The number of hydrogen-bond acceptors (Lipinski definition) is 3. The van der Waals surface area contributed by atoms with Gasteiger partial charge >= 0.3 is 6.18 Å². The molecule has 2 rings (SSSR count). The van der Waals surface area contributed by atoms with Crippen molar-refractivity contribution in [1.82, 2.24) is 19.7 Å². The minimum absolute atomic E-state index is 0.0541. The summed E-state index contributed by atoms with van der Waals surface area (Å²) in [5.74, 6) is 0.176. The Kier molecular flexibility index (Phi) is 2.55. The molecule has 0 aliphatic heterocycles. The van der Waals surface area contributed by atoms with E-state index in [-0.39, 0.29) is 11.1 Å². The van der Waals surface area contributed by atoms with Crippen molar-refractivity contribution in [3.63, 3.8) is 0 Å². The van der Waals surface area contributed by atoms with Gasteiger partial charge in [-0.05, 0) is 11.6 Å². The molecule has 0 aliphatic carbocycles. The molecule has 0 atom stereocenters. The van der Waals surface area contributed by atoms with Crippen molar-refractivity contribution in [2.75, 3.05) is 0 Å². The van der Waals surface area contributed by atoms with Crippen LogP contribution in [0.4, 0.5) is 13.2 Å². The second kappa shape index (κ2) is 3.75. The molecule has 0 saturated carbocycles. The summed E-state index contributed by atoms with van der Waals surface area (Å²) >= 11 is 5.51. The fourth-order valence-electron chi connectivity index (χ4n) is 1.05. The third-order valence-electron chi connectivity index (χ3n) is 1.76. The van der Waals surface area contributed by atoms with Crippen molar-refractivity contribution in [2.45, 2.75) is 6.18 Å². The van der Waals surface area contributed by atoms with E-state index in [1.807, 2.05) is 0 Å². The average molecular weight is 249 g/mol. The Labute approximate surface area is 92.7 Å². The fourth-order valence-corrected chi connectivity index (χ4v) is 1.19. The zero-order chi connectivity index (χ0) is 11.8. The first-order valence-electron chi connectivity index (χ1n) is 4.07. The molecule has 0 bridgehead atoms. The molecular formula is C8H4ClF3N4. The third kappa shape index (κ3) is 2.13. The van der Waals surface area contributed by atoms with Gasteiger partial charge in [-0.1, -0.05) is 0 Å². The van der Waals surface area contributed by atoms with E-state index in [1.54, 1.807) is 0 Å². The maximum absolute atomic E-state index is 12.3. The quantitative estimate of drug-likeness (QED) is 0.728. The highest BCUT2D eigenvalue weighted by atomic mass is 35.5. The lowest BCUT2D eigenvalue weighted by Gasteiger charge is -2.01. The van der Waals surface area contributed by atoms with Crippen LogP contribution >= 0.6 is 11.6 Å². The van der Waals surface area contributed by atoms with Crippen LogP contribution in [-0.2, 0) is 6.18 Å². The molecule has 0 saturated heterocycles. The summed E-state index contributed by atoms with van der Waals surface area (Å²) < 4.78 is 37.8. The van der Waals surface area contributed by atoms with Crippen LogP contribution in [0.25, 0.3) is 5.82 Å². The number of halogens is 4. The van der Waals surface area contributed by atoms with Crippen LogP contribution in [0.5, 0.6) is 0 Å². The average Bonchev–Trinajstić information content (AvgIpc) is 2.65. The summed E-state index contributed by atoms with van der Waals surface area (Å²) in [6, 6.07) is 1.40. The van der Waals surface area contributed by atoms with Crippen molar-refractivity contribution >= 4 is 11.6 Å². The molecule has 0 radical (unpaired) electrons. The van der Waals surface area contributed by atoms with Gasteiger partial charge in [-0.25, -0.2) is 9.67 Å². The van der Waals surface area contributed by atoms with E-state index in [1.165, 1.54) is 12.3 Å². The first-order chi connectivity index (χ1) is 7.47. The molecule has 4 nitrogen and oxygen atoms in total. The van der Waals surface area contributed by atoms with Crippen LogP contribution in [0.15, 0.2) is 24.7 Å². The van der Waals surface area contributed by atoms with Crippen LogP contribution in [0.2, 0.25) is 5.28 Å². The molecule has 0 aromatic carbocycles. The number of nitrogens with zero attached hydrogens (tertiary/aromatic N) is 4. The summed E-state index contributed by atoms with van der Waals surface area (Å²) in [5, 5.41) is 3.49. The highest BCUT2D eigenvalue weighted by molar-refractivity contribution is 6.28. The summed E-state index contributed by atoms with van der Waals surface area (Å²) in [4.78, 5) is 7.34. The van der Waals surface area contributed by atoms with E-state index in [4.69, 9.17) is 11.6 Å². The van der Waals surface area contributed by atoms with Gasteiger partial charge in [-0.3, -0.25) is 0 Å². The Bertz CT molecular complexity index is 508. The van der Waals surface area contributed by atoms with Crippen LogP contribution in [-0.4, -0.2) is 19.7 Å². The number of aromatic nitrogens is 4. The van der Waals surface area contributed by atoms with E-state index in [0.29, 0.717) is 0 Å². The van der Waals surface area contributed by atoms with Crippen LogP contribution in [0, 0.1) is 0 Å². The maximum Gasteiger partial charge on any atom is 0.419 e. The highest BCUT2D eigenvalue weighted by Crippen LogP contribution is 2.28. The summed E-state index contributed by atoms with van der Waals surface area (Å²) in [7, 11) is 0. The Morgan fingerprint density at radius 1 is 1.31 bits per heavy atom. The summed E-state index contributed by atoms with van der Waals surface area (Å²) in [5.41, 5.74) is -0.845. The Balaban J connectivity index is 2.39. The molecule has 2 heterocycles. The van der Waals surface area contributed by atoms with Gasteiger partial charge in [-0.15, -0.1) is 0 Å². The van der Waals surface area contributed by atoms with Crippen molar-refractivity contribution in [2.24, 2.45) is 0 Å². The Morgan fingerprint density at radius 3 is 2.62 bits per heavy atom. The molecular weight excluding hydrogens is 245 g/mol.